The van der Waals surface area contributed by atoms with Crippen LogP contribution in [0.4, 0.5) is 0 Å². The fourth-order valence-corrected chi connectivity index (χ4v) is 5.32. The normalized spacial score (nSPS) is 23.0. The molecule has 0 saturated carbocycles. The molecular weight excluding hydrogens is 426 g/mol. The largest absolute Gasteiger partial charge is 0.493 e. The molecule has 170 valence electrons. The van der Waals surface area contributed by atoms with Crippen LogP contribution >= 0.6 is 11.6 Å². The van der Waals surface area contributed by atoms with Gasteiger partial charge in [0.1, 0.15) is 12.2 Å². The minimum Gasteiger partial charge on any atom is -0.493 e. The average Bonchev–Trinajstić information content (AvgIpc) is 2.98. The standard InChI is InChI=1S/C26H30ClNO4/c1-16(2)26-12-13-28(4)15-18-10-11-21(30-5)24(23(18)26)32-22(26)14-17(3)31-25(29)19-8-6-7-9-20(19)27/h6-11,17,22H,1,12-15H2,2-5H3/t17-,22?,26+/m0/s1. The Morgan fingerprint density at radius 2 is 2.09 bits per heavy atom. The molecule has 0 spiro atoms. The summed E-state index contributed by atoms with van der Waals surface area (Å²) in [6.07, 6.45) is 0.821. The van der Waals surface area contributed by atoms with E-state index >= 15 is 0 Å². The van der Waals surface area contributed by atoms with Crippen LogP contribution < -0.4 is 9.47 Å². The first-order chi connectivity index (χ1) is 15.3. The first-order valence-electron chi connectivity index (χ1n) is 10.9. The molecule has 0 radical (unpaired) electrons. The number of esters is 1. The van der Waals surface area contributed by atoms with Crippen LogP contribution in [-0.4, -0.2) is 43.8 Å². The van der Waals surface area contributed by atoms with Gasteiger partial charge in [-0.25, -0.2) is 4.79 Å². The van der Waals surface area contributed by atoms with Crippen molar-refractivity contribution in [3.05, 3.63) is 70.3 Å². The van der Waals surface area contributed by atoms with E-state index in [-0.39, 0.29) is 17.6 Å². The Labute approximate surface area is 194 Å². The van der Waals surface area contributed by atoms with Crippen LogP contribution in [0.2, 0.25) is 5.02 Å². The molecule has 2 aliphatic heterocycles. The van der Waals surface area contributed by atoms with Crippen molar-refractivity contribution in [2.24, 2.45) is 0 Å². The predicted molar refractivity (Wildman–Crippen MR) is 126 cm³/mol. The number of halogens is 1. The van der Waals surface area contributed by atoms with E-state index in [0.717, 1.165) is 36.6 Å². The number of nitrogens with zero attached hydrogens (tertiary/aromatic N) is 1. The van der Waals surface area contributed by atoms with Crippen molar-refractivity contribution in [1.82, 2.24) is 4.90 Å². The Hall–Kier alpha value is -2.50. The molecule has 0 N–H and O–H groups in total. The third-order valence-electron chi connectivity index (χ3n) is 6.72. The highest BCUT2D eigenvalue weighted by Gasteiger charge is 2.53. The first-order valence-corrected chi connectivity index (χ1v) is 11.3. The summed E-state index contributed by atoms with van der Waals surface area (Å²) in [6.45, 7) is 10.1. The van der Waals surface area contributed by atoms with E-state index in [1.165, 1.54) is 11.1 Å². The van der Waals surface area contributed by atoms with Crippen molar-refractivity contribution in [2.45, 2.75) is 50.9 Å². The zero-order valence-corrected chi connectivity index (χ0v) is 19.9. The third-order valence-corrected chi connectivity index (χ3v) is 7.05. The highest BCUT2D eigenvalue weighted by atomic mass is 35.5. The van der Waals surface area contributed by atoms with Crippen molar-refractivity contribution in [1.29, 1.82) is 0 Å². The molecule has 0 fully saturated rings. The molecule has 0 aliphatic carbocycles. The Morgan fingerprint density at radius 3 is 2.78 bits per heavy atom. The zero-order valence-electron chi connectivity index (χ0n) is 19.1. The highest BCUT2D eigenvalue weighted by molar-refractivity contribution is 6.33. The van der Waals surface area contributed by atoms with E-state index in [4.69, 9.17) is 25.8 Å². The quantitative estimate of drug-likeness (QED) is 0.431. The van der Waals surface area contributed by atoms with E-state index < -0.39 is 5.97 Å². The Kier molecular flexibility index (Phi) is 6.24. The van der Waals surface area contributed by atoms with Crippen LogP contribution in [0.3, 0.4) is 0 Å². The van der Waals surface area contributed by atoms with Crippen molar-refractivity contribution in [2.75, 3.05) is 20.7 Å². The third kappa shape index (κ3) is 3.78. The van der Waals surface area contributed by atoms with Crippen LogP contribution in [0.5, 0.6) is 11.5 Å². The molecule has 4 rings (SSSR count). The molecule has 0 aromatic heterocycles. The molecular formula is C26H30ClNO4. The summed E-state index contributed by atoms with van der Waals surface area (Å²) >= 11 is 6.18. The van der Waals surface area contributed by atoms with Gasteiger partial charge in [-0.2, -0.15) is 0 Å². The van der Waals surface area contributed by atoms with Crippen molar-refractivity contribution in [3.8, 4) is 11.5 Å². The molecule has 0 bridgehead atoms. The summed E-state index contributed by atoms with van der Waals surface area (Å²) < 4.78 is 18.0. The van der Waals surface area contributed by atoms with E-state index in [2.05, 4.69) is 31.5 Å². The van der Waals surface area contributed by atoms with Gasteiger partial charge < -0.3 is 19.1 Å². The maximum atomic E-state index is 12.7. The maximum absolute atomic E-state index is 12.7. The monoisotopic (exact) mass is 455 g/mol. The second-order valence-corrected chi connectivity index (χ2v) is 9.32. The van der Waals surface area contributed by atoms with Gasteiger partial charge in [0.2, 0.25) is 0 Å². The number of ether oxygens (including phenoxy) is 3. The maximum Gasteiger partial charge on any atom is 0.339 e. The van der Waals surface area contributed by atoms with Gasteiger partial charge in [-0.05, 0) is 57.6 Å². The number of carbonyl (C=O) groups is 1. The van der Waals surface area contributed by atoms with Gasteiger partial charge in [0.15, 0.2) is 11.5 Å². The number of carbonyl (C=O) groups excluding carboxylic acids is 1. The van der Waals surface area contributed by atoms with Gasteiger partial charge in [0, 0.05) is 18.5 Å². The predicted octanol–water partition coefficient (Wildman–Crippen LogP) is 5.39. The lowest BCUT2D eigenvalue weighted by Crippen LogP contribution is -2.42. The molecule has 2 aromatic rings. The average molecular weight is 456 g/mol. The molecule has 2 heterocycles. The lowest BCUT2D eigenvalue weighted by Gasteiger charge is -2.36. The minimum absolute atomic E-state index is 0.217. The topological polar surface area (TPSA) is 48.0 Å². The summed E-state index contributed by atoms with van der Waals surface area (Å²) in [5.74, 6) is 1.09. The van der Waals surface area contributed by atoms with Crippen molar-refractivity contribution < 1.29 is 19.0 Å². The molecule has 2 aliphatic rings. The van der Waals surface area contributed by atoms with Gasteiger partial charge in [-0.3, -0.25) is 0 Å². The summed E-state index contributed by atoms with van der Waals surface area (Å²) in [7, 11) is 3.79. The summed E-state index contributed by atoms with van der Waals surface area (Å²) in [4.78, 5) is 15.0. The fraction of sp³-hybridized carbons (Fsp3) is 0.423. The second kappa shape index (κ2) is 8.80. The fourth-order valence-electron chi connectivity index (χ4n) is 5.10. The summed E-state index contributed by atoms with van der Waals surface area (Å²) in [5.41, 5.74) is 3.45. The van der Waals surface area contributed by atoms with Gasteiger partial charge >= 0.3 is 5.97 Å². The van der Waals surface area contributed by atoms with Crippen molar-refractivity contribution in [3.63, 3.8) is 0 Å². The zero-order chi connectivity index (χ0) is 23.0. The molecule has 0 saturated heterocycles. The van der Waals surface area contributed by atoms with E-state index in [9.17, 15) is 4.79 Å². The van der Waals surface area contributed by atoms with E-state index in [1.54, 1.807) is 31.4 Å². The number of benzene rings is 2. The SMILES string of the molecule is C=C(C)[C@@]12CCN(C)Cc3ccc(OC)c(c31)OC2C[C@H](C)OC(=O)c1ccccc1Cl. The molecule has 1 unspecified atom stereocenters. The molecule has 3 atom stereocenters. The number of hydrogen-bond acceptors (Lipinski definition) is 5. The number of methoxy groups -OCH3 is 1. The molecule has 6 heteroatoms. The van der Waals surface area contributed by atoms with Gasteiger partial charge in [-0.1, -0.05) is 42.0 Å². The van der Waals surface area contributed by atoms with Gasteiger partial charge in [0.25, 0.3) is 0 Å². The smallest absolute Gasteiger partial charge is 0.339 e. The van der Waals surface area contributed by atoms with E-state index in [0.29, 0.717) is 17.0 Å². The Bertz CT molecular complexity index is 1050. The number of rotatable bonds is 6. The van der Waals surface area contributed by atoms with Crippen LogP contribution in [0.1, 0.15) is 48.2 Å². The summed E-state index contributed by atoms with van der Waals surface area (Å²) in [6, 6.07) is 11.0. The molecule has 5 nitrogen and oxygen atoms in total. The van der Waals surface area contributed by atoms with Crippen LogP contribution in [-0.2, 0) is 16.7 Å². The Balaban J connectivity index is 1.66. The van der Waals surface area contributed by atoms with Crippen LogP contribution in [0.25, 0.3) is 0 Å². The van der Waals surface area contributed by atoms with Crippen LogP contribution in [0, 0.1) is 0 Å². The molecule has 32 heavy (non-hydrogen) atoms. The number of hydrogen-bond donors (Lipinski definition) is 0. The molecule has 0 amide bonds. The Morgan fingerprint density at radius 1 is 1.34 bits per heavy atom. The van der Waals surface area contributed by atoms with Crippen molar-refractivity contribution >= 4 is 17.6 Å². The molecule has 2 aromatic carbocycles. The first kappa shape index (κ1) is 22.7. The highest BCUT2D eigenvalue weighted by Crippen LogP contribution is 2.56. The second-order valence-electron chi connectivity index (χ2n) is 8.91. The van der Waals surface area contributed by atoms with Gasteiger partial charge in [0.05, 0.1) is 23.1 Å². The lowest BCUT2D eigenvalue weighted by atomic mass is 9.67. The van der Waals surface area contributed by atoms with E-state index in [1.807, 2.05) is 13.0 Å². The lowest BCUT2D eigenvalue weighted by molar-refractivity contribution is 0.0180. The van der Waals surface area contributed by atoms with Crippen LogP contribution in [0.15, 0.2) is 48.6 Å². The minimum atomic E-state index is -0.429. The van der Waals surface area contributed by atoms with Gasteiger partial charge in [-0.15, -0.1) is 0 Å². The summed E-state index contributed by atoms with van der Waals surface area (Å²) in [5, 5.41) is 0.383.